The van der Waals surface area contributed by atoms with Crippen LogP contribution in [0.25, 0.3) is 0 Å². The van der Waals surface area contributed by atoms with E-state index in [2.05, 4.69) is 9.88 Å². The molecule has 1 fully saturated rings. The minimum atomic E-state index is -0.289. The molecular formula is C24H24FN3O. The zero-order valence-corrected chi connectivity index (χ0v) is 16.2. The van der Waals surface area contributed by atoms with E-state index < -0.39 is 0 Å². The van der Waals surface area contributed by atoms with E-state index in [-0.39, 0.29) is 24.1 Å². The molecule has 29 heavy (non-hydrogen) atoms. The highest BCUT2D eigenvalue weighted by molar-refractivity contribution is 5.78. The number of piperazine rings is 1. The second-order valence-electron chi connectivity index (χ2n) is 7.26. The molecule has 4 nitrogen and oxygen atoms in total. The zero-order valence-electron chi connectivity index (χ0n) is 16.2. The van der Waals surface area contributed by atoms with E-state index in [4.69, 9.17) is 0 Å². The Kier molecular flexibility index (Phi) is 5.84. The quantitative estimate of drug-likeness (QED) is 0.659. The Balaban J connectivity index is 1.47. The molecule has 0 saturated carbocycles. The van der Waals surface area contributed by atoms with Crippen molar-refractivity contribution in [2.75, 3.05) is 31.1 Å². The van der Waals surface area contributed by atoms with Crippen LogP contribution < -0.4 is 4.90 Å². The third-order valence-electron chi connectivity index (χ3n) is 5.52. The lowest BCUT2D eigenvalue weighted by molar-refractivity contribution is -0.131. The standard InChI is InChI=1S/C24H24FN3O/c25-23-9-5-4-8-21(23)22(19-6-2-1-3-7-19)18-24(29)28-16-14-27(15-17-28)20-10-12-26-13-11-20/h1-13,22H,14-18H2/t22-/m1/s1. The molecule has 0 bridgehead atoms. The molecule has 2 heterocycles. The molecule has 0 radical (unpaired) electrons. The summed E-state index contributed by atoms with van der Waals surface area (Å²) in [6, 6.07) is 20.4. The summed E-state index contributed by atoms with van der Waals surface area (Å²) in [4.78, 5) is 21.3. The fraction of sp³-hybridized carbons (Fsp3) is 0.250. The molecule has 3 aromatic rings. The number of carbonyl (C=O) groups excluding carboxylic acids is 1. The van der Waals surface area contributed by atoms with Crippen LogP contribution in [0.3, 0.4) is 0 Å². The number of pyridine rings is 1. The highest BCUT2D eigenvalue weighted by Gasteiger charge is 2.26. The first-order valence-corrected chi connectivity index (χ1v) is 9.94. The van der Waals surface area contributed by atoms with Crippen LogP contribution in [0.2, 0.25) is 0 Å². The van der Waals surface area contributed by atoms with Crippen LogP contribution in [0.15, 0.2) is 79.1 Å². The van der Waals surface area contributed by atoms with Gasteiger partial charge in [-0.2, -0.15) is 0 Å². The van der Waals surface area contributed by atoms with Gasteiger partial charge in [0, 0.05) is 56.6 Å². The predicted octanol–water partition coefficient (Wildman–Crippen LogP) is 4.09. The monoisotopic (exact) mass is 389 g/mol. The molecule has 1 atom stereocenters. The molecule has 1 saturated heterocycles. The van der Waals surface area contributed by atoms with Gasteiger partial charge in [0.05, 0.1) is 0 Å². The van der Waals surface area contributed by atoms with Crippen molar-refractivity contribution in [1.29, 1.82) is 0 Å². The Morgan fingerprint density at radius 1 is 0.897 bits per heavy atom. The second-order valence-corrected chi connectivity index (χ2v) is 7.26. The number of anilines is 1. The fourth-order valence-corrected chi connectivity index (χ4v) is 3.92. The average molecular weight is 389 g/mol. The first-order chi connectivity index (χ1) is 14.2. The number of halogens is 1. The fourth-order valence-electron chi connectivity index (χ4n) is 3.92. The van der Waals surface area contributed by atoms with Crippen LogP contribution >= 0.6 is 0 Å². The van der Waals surface area contributed by atoms with Crippen molar-refractivity contribution in [1.82, 2.24) is 9.88 Å². The van der Waals surface area contributed by atoms with Gasteiger partial charge in [-0.25, -0.2) is 4.39 Å². The van der Waals surface area contributed by atoms with Crippen LogP contribution in [0.1, 0.15) is 23.5 Å². The number of nitrogens with zero attached hydrogens (tertiary/aromatic N) is 3. The molecule has 148 valence electrons. The largest absolute Gasteiger partial charge is 0.368 e. The summed E-state index contributed by atoms with van der Waals surface area (Å²) in [5.74, 6) is -0.490. The predicted molar refractivity (Wildman–Crippen MR) is 112 cm³/mol. The van der Waals surface area contributed by atoms with E-state index >= 15 is 0 Å². The van der Waals surface area contributed by atoms with Gasteiger partial charge in [-0.1, -0.05) is 48.5 Å². The van der Waals surface area contributed by atoms with Gasteiger partial charge >= 0.3 is 0 Å². The minimum Gasteiger partial charge on any atom is -0.368 e. The number of amides is 1. The maximum atomic E-state index is 14.5. The maximum absolute atomic E-state index is 14.5. The van der Waals surface area contributed by atoms with E-state index in [0.29, 0.717) is 18.7 Å². The lowest BCUT2D eigenvalue weighted by Crippen LogP contribution is -2.49. The average Bonchev–Trinajstić information content (AvgIpc) is 2.79. The van der Waals surface area contributed by atoms with Gasteiger partial charge < -0.3 is 9.80 Å². The molecule has 1 aliphatic rings. The minimum absolute atomic E-state index is 0.0662. The molecule has 1 aromatic heterocycles. The van der Waals surface area contributed by atoms with Gasteiger partial charge in [0.15, 0.2) is 0 Å². The molecule has 1 aliphatic heterocycles. The summed E-state index contributed by atoms with van der Waals surface area (Å²) in [5, 5.41) is 0. The van der Waals surface area contributed by atoms with Crippen LogP contribution in [0, 0.1) is 5.82 Å². The lowest BCUT2D eigenvalue weighted by atomic mass is 9.87. The first-order valence-electron chi connectivity index (χ1n) is 9.94. The van der Waals surface area contributed by atoms with E-state index in [1.54, 1.807) is 24.5 Å². The van der Waals surface area contributed by atoms with Crippen LogP contribution in [0.4, 0.5) is 10.1 Å². The summed E-state index contributed by atoms with van der Waals surface area (Å²) >= 11 is 0. The zero-order chi connectivity index (χ0) is 20.1. The van der Waals surface area contributed by atoms with Crippen molar-refractivity contribution >= 4 is 11.6 Å². The Hall–Kier alpha value is -3.21. The highest BCUT2D eigenvalue weighted by Crippen LogP contribution is 2.30. The third kappa shape index (κ3) is 4.45. The number of hydrogen-bond acceptors (Lipinski definition) is 3. The van der Waals surface area contributed by atoms with Crippen molar-refractivity contribution in [2.45, 2.75) is 12.3 Å². The van der Waals surface area contributed by atoms with Gasteiger partial charge in [0.1, 0.15) is 5.82 Å². The Morgan fingerprint density at radius 2 is 1.55 bits per heavy atom. The summed E-state index contributed by atoms with van der Waals surface area (Å²) in [5.41, 5.74) is 2.66. The van der Waals surface area contributed by atoms with Crippen molar-refractivity contribution in [3.63, 3.8) is 0 Å². The normalized spacial score (nSPS) is 15.2. The summed E-state index contributed by atoms with van der Waals surface area (Å²) in [6.45, 7) is 2.90. The van der Waals surface area contributed by atoms with Crippen molar-refractivity contribution in [3.05, 3.63) is 96.1 Å². The number of aromatic nitrogens is 1. The van der Waals surface area contributed by atoms with Gasteiger partial charge in [0.2, 0.25) is 5.91 Å². The molecule has 2 aromatic carbocycles. The van der Waals surface area contributed by atoms with Gasteiger partial charge in [-0.3, -0.25) is 9.78 Å². The van der Waals surface area contributed by atoms with Gasteiger partial charge in [-0.15, -0.1) is 0 Å². The van der Waals surface area contributed by atoms with Gasteiger partial charge in [-0.05, 0) is 29.3 Å². The SMILES string of the molecule is O=C(C[C@H](c1ccccc1)c1ccccc1F)N1CCN(c2ccncc2)CC1. The van der Waals surface area contributed by atoms with E-state index in [1.807, 2.05) is 53.4 Å². The molecule has 0 unspecified atom stereocenters. The first kappa shape index (κ1) is 19.1. The molecule has 5 heteroatoms. The molecular weight excluding hydrogens is 365 g/mol. The molecule has 4 rings (SSSR count). The van der Waals surface area contributed by atoms with Crippen LogP contribution in [-0.2, 0) is 4.79 Å². The van der Waals surface area contributed by atoms with Crippen LogP contribution in [-0.4, -0.2) is 42.0 Å². The number of hydrogen-bond donors (Lipinski definition) is 0. The Labute approximate surface area is 170 Å². The molecule has 0 N–H and O–H groups in total. The third-order valence-corrected chi connectivity index (χ3v) is 5.52. The Bertz CT molecular complexity index is 941. The van der Waals surface area contributed by atoms with Crippen molar-refractivity contribution in [2.24, 2.45) is 0 Å². The van der Waals surface area contributed by atoms with E-state index in [9.17, 15) is 9.18 Å². The number of rotatable bonds is 5. The number of benzene rings is 2. The molecule has 1 amide bonds. The second kappa shape index (κ2) is 8.86. The molecule has 0 spiro atoms. The van der Waals surface area contributed by atoms with Gasteiger partial charge in [0.25, 0.3) is 0 Å². The number of carbonyl (C=O) groups is 1. The summed E-state index contributed by atoms with van der Waals surface area (Å²) in [7, 11) is 0. The lowest BCUT2D eigenvalue weighted by Gasteiger charge is -2.36. The van der Waals surface area contributed by atoms with Crippen LogP contribution in [0.5, 0.6) is 0 Å². The smallest absolute Gasteiger partial charge is 0.223 e. The summed E-state index contributed by atoms with van der Waals surface area (Å²) < 4.78 is 14.5. The molecule has 0 aliphatic carbocycles. The topological polar surface area (TPSA) is 36.4 Å². The van der Waals surface area contributed by atoms with Crippen molar-refractivity contribution < 1.29 is 9.18 Å². The highest BCUT2D eigenvalue weighted by atomic mass is 19.1. The Morgan fingerprint density at radius 3 is 2.24 bits per heavy atom. The van der Waals surface area contributed by atoms with E-state index in [0.717, 1.165) is 24.3 Å². The van der Waals surface area contributed by atoms with E-state index in [1.165, 1.54) is 6.07 Å². The summed E-state index contributed by atoms with van der Waals surface area (Å²) in [6.07, 6.45) is 3.83. The van der Waals surface area contributed by atoms with Crippen molar-refractivity contribution in [3.8, 4) is 0 Å². The maximum Gasteiger partial charge on any atom is 0.223 e.